The van der Waals surface area contributed by atoms with Crippen LogP contribution in [0.25, 0.3) is 0 Å². The van der Waals surface area contributed by atoms with Crippen LogP contribution in [0.3, 0.4) is 0 Å². The molecule has 0 aromatic heterocycles. The Hall–Kier alpha value is -1.06. The maximum Gasteiger partial charge on any atom is 0.121 e. The fourth-order valence-electron chi connectivity index (χ4n) is 2.10. The first-order chi connectivity index (χ1) is 8.41. The Labute approximate surface area is 110 Å². The SMILES string of the molecule is CCC(C)(CCO)NCc1cc(C)c(O)c(C)c1. The summed E-state index contributed by atoms with van der Waals surface area (Å²) in [4.78, 5) is 0. The van der Waals surface area contributed by atoms with Gasteiger partial charge >= 0.3 is 0 Å². The third-order valence-corrected chi connectivity index (χ3v) is 3.71. The van der Waals surface area contributed by atoms with Crippen LogP contribution in [0.4, 0.5) is 0 Å². The molecule has 0 saturated carbocycles. The minimum Gasteiger partial charge on any atom is -0.507 e. The number of aliphatic hydroxyl groups is 1. The van der Waals surface area contributed by atoms with E-state index in [4.69, 9.17) is 5.11 Å². The molecule has 1 unspecified atom stereocenters. The molecule has 3 nitrogen and oxygen atoms in total. The van der Waals surface area contributed by atoms with Gasteiger partial charge in [-0.1, -0.05) is 19.1 Å². The molecule has 102 valence electrons. The summed E-state index contributed by atoms with van der Waals surface area (Å²) in [7, 11) is 0. The van der Waals surface area contributed by atoms with E-state index in [2.05, 4.69) is 19.2 Å². The van der Waals surface area contributed by atoms with Crippen LogP contribution in [-0.2, 0) is 6.54 Å². The van der Waals surface area contributed by atoms with E-state index in [-0.39, 0.29) is 12.1 Å². The van der Waals surface area contributed by atoms with Crippen LogP contribution in [0.5, 0.6) is 5.75 Å². The lowest BCUT2D eigenvalue weighted by atomic mass is 9.94. The summed E-state index contributed by atoms with van der Waals surface area (Å²) in [5.41, 5.74) is 2.95. The van der Waals surface area contributed by atoms with E-state index in [1.54, 1.807) is 0 Å². The van der Waals surface area contributed by atoms with Crippen molar-refractivity contribution in [3.8, 4) is 5.75 Å². The largest absolute Gasteiger partial charge is 0.507 e. The van der Waals surface area contributed by atoms with Gasteiger partial charge in [0.05, 0.1) is 0 Å². The van der Waals surface area contributed by atoms with Gasteiger partial charge in [0.15, 0.2) is 0 Å². The van der Waals surface area contributed by atoms with Gasteiger partial charge in [-0.2, -0.15) is 0 Å². The number of phenols is 1. The van der Waals surface area contributed by atoms with Gasteiger partial charge < -0.3 is 15.5 Å². The molecule has 1 aromatic carbocycles. The third-order valence-electron chi connectivity index (χ3n) is 3.71. The Balaban J connectivity index is 2.74. The second-order valence-electron chi connectivity index (χ2n) is 5.32. The number of rotatable bonds is 6. The number of hydrogen-bond acceptors (Lipinski definition) is 3. The fourth-order valence-corrected chi connectivity index (χ4v) is 2.10. The first kappa shape index (κ1) is 15.0. The molecule has 0 aliphatic rings. The van der Waals surface area contributed by atoms with E-state index in [0.717, 1.165) is 30.5 Å². The smallest absolute Gasteiger partial charge is 0.121 e. The molecule has 0 spiro atoms. The minimum atomic E-state index is -0.0333. The zero-order valence-electron chi connectivity index (χ0n) is 11.9. The van der Waals surface area contributed by atoms with Crippen molar-refractivity contribution < 1.29 is 10.2 Å². The molecule has 18 heavy (non-hydrogen) atoms. The van der Waals surface area contributed by atoms with E-state index in [1.165, 1.54) is 5.56 Å². The molecular weight excluding hydrogens is 226 g/mol. The van der Waals surface area contributed by atoms with Gasteiger partial charge in [-0.25, -0.2) is 0 Å². The van der Waals surface area contributed by atoms with Gasteiger partial charge in [-0.15, -0.1) is 0 Å². The molecule has 0 bridgehead atoms. The van der Waals surface area contributed by atoms with Crippen molar-refractivity contribution in [3.05, 3.63) is 28.8 Å². The highest BCUT2D eigenvalue weighted by atomic mass is 16.3. The highest BCUT2D eigenvalue weighted by Gasteiger charge is 2.20. The topological polar surface area (TPSA) is 52.5 Å². The lowest BCUT2D eigenvalue weighted by Crippen LogP contribution is -2.42. The molecule has 1 atom stereocenters. The monoisotopic (exact) mass is 251 g/mol. The van der Waals surface area contributed by atoms with Gasteiger partial charge in [-0.3, -0.25) is 0 Å². The second kappa shape index (κ2) is 6.21. The summed E-state index contributed by atoms with van der Waals surface area (Å²) in [5, 5.41) is 22.3. The van der Waals surface area contributed by atoms with Crippen molar-refractivity contribution in [2.45, 2.75) is 52.6 Å². The van der Waals surface area contributed by atoms with Crippen molar-refractivity contribution >= 4 is 0 Å². The summed E-state index contributed by atoms with van der Waals surface area (Å²) in [5.74, 6) is 0.382. The molecule has 0 aliphatic carbocycles. The van der Waals surface area contributed by atoms with Crippen LogP contribution in [-0.4, -0.2) is 22.4 Å². The standard InChI is InChI=1S/C15H25NO2/c1-5-15(4,6-7-17)16-10-13-8-11(2)14(18)12(3)9-13/h8-9,16-18H,5-7,10H2,1-4H3. The minimum absolute atomic E-state index is 0.0333. The van der Waals surface area contributed by atoms with E-state index in [9.17, 15) is 5.11 Å². The Morgan fingerprint density at radius 2 is 1.78 bits per heavy atom. The van der Waals surface area contributed by atoms with Crippen LogP contribution < -0.4 is 5.32 Å². The Morgan fingerprint density at radius 3 is 2.22 bits per heavy atom. The number of aromatic hydroxyl groups is 1. The Bertz CT molecular complexity index is 380. The van der Waals surface area contributed by atoms with Crippen LogP contribution in [0.2, 0.25) is 0 Å². The molecule has 3 heteroatoms. The van der Waals surface area contributed by atoms with E-state index in [0.29, 0.717) is 5.75 Å². The van der Waals surface area contributed by atoms with E-state index >= 15 is 0 Å². The number of benzene rings is 1. The second-order valence-corrected chi connectivity index (χ2v) is 5.32. The van der Waals surface area contributed by atoms with Gasteiger partial charge in [0.25, 0.3) is 0 Å². The van der Waals surface area contributed by atoms with E-state index in [1.807, 2.05) is 26.0 Å². The van der Waals surface area contributed by atoms with Crippen molar-refractivity contribution in [3.63, 3.8) is 0 Å². The zero-order chi connectivity index (χ0) is 13.8. The average molecular weight is 251 g/mol. The first-order valence-electron chi connectivity index (χ1n) is 6.57. The zero-order valence-corrected chi connectivity index (χ0v) is 11.9. The van der Waals surface area contributed by atoms with Crippen LogP contribution >= 0.6 is 0 Å². The van der Waals surface area contributed by atoms with Crippen LogP contribution in [0.1, 0.15) is 43.4 Å². The van der Waals surface area contributed by atoms with Crippen LogP contribution in [0.15, 0.2) is 12.1 Å². The summed E-state index contributed by atoms with van der Waals surface area (Å²) >= 11 is 0. The predicted octanol–water partition coefficient (Wildman–Crippen LogP) is 2.65. The molecule has 1 rings (SSSR count). The Morgan fingerprint density at radius 1 is 1.22 bits per heavy atom. The number of aryl methyl sites for hydroxylation is 2. The number of nitrogens with one attached hydrogen (secondary N) is 1. The molecule has 0 radical (unpaired) electrons. The molecule has 1 aromatic rings. The van der Waals surface area contributed by atoms with Gasteiger partial charge in [-0.05, 0) is 50.3 Å². The number of hydrogen-bond donors (Lipinski definition) is 3. The van der Waals surface area contributed by atoms with Gasteiger partial charge in [0.1, 0.15) is 5.75 Å². The first-order valence-corrected chi connectivity index (χ1v) is 6.57. The molecule has 0 saturated heterocycles. The maximum atomic E-state index is 9.74. The molecule has 0 heterocycles. The average Bonchev–Trinajstić information content (AvgIpc) is 2.33. The molecule has 0 fully saturated rings. The quantitative estimate of drug-likeness (QED) is 0.728. The molecular formula is C15H25NO2. The lowest BCUT2D eigenvalue weighted by Gasteiger charge is -2.29. The molecule has 0 aliphatic heterocycles. The lowest BCUT2D eigenvalue weighted by molar-refractivity contribution is 0.214. The van der Waals surface area contributed by atoms with Crippen molar-refractivity contribution in [2.75, 3.05) is 6.61 Å². The summed E-state index contributed by atoms with van der Waals surface area (Å²) in [6.07, 6.45) is 1.73. The van der Waals surface area contributed by atoms with Crippen molar-refractivity contribution in [2.24, 2.45) is 0 Å². The molecule has 3 N–H and O–H groups in total. The van der Waals surface area contributed by atoms with Crippen molar-refractivity contribution in [1.82, 2.24) is 5.32 Å². The fraction of sp³-hybridized carbons (Fsp3) is 0.600. The highest BCUT2D eigenvalue weighted by Crippen LogP contribution is 2.23. The maximum absolute atomic E-state index is 9.74. The summed E-state index contributed by atoms with van der Waals surface area (Å²) in [6.45, 7) is 9.04. The van der Waals surface area contributed by atoms with Gasteiger partial charge in [0.2, 0.25) is 0 Å². The predicted molar refractivity (Wildman–Crippen MR) is 74.8 cm³/mol. The number of phenolic OH excluding ortho intramolecular Hbond substituents is 1. The normalized spacial score (nSPS) is 14.5. The van der Waals surface area contributed by atoms with Crippen LogP contribution in [0, 0.1) is 13.8 Å². The highest BCUT2D eigenvalue weighted by molar-refractivity contribution is 5.42. The number of aliphatic hydroxyl groups excluding tert-OH is 1. The summed E-state index contributed by atoms with van der Waals surface area (Å²) < 4.78 is 0. The Kier molecular flexibility index (Phi) is 5.17. The van der Waals surface area contributed by atoms with Gasteiger partial charge in [0, 0.05) is 18.7 Å². The van der Waals surface area contributed by atoms with Crippen molar-refractivity contribution in [1.29, 1.82) is 0 Å². The summed E-state index contributed by atoms with van der Waals surface area (Å²) in [6, 6.07) is 4.01. The van der Waals surface area contributed by atoms with E-state index < -0.39 is 0 Å². The molecule has 0 amide bonds. The third kappa shape index (κ3) is 3.72.